The Labute approximate surface area is 237 Å². The summed E-state index contributed by atoms with van der Waals surface area (Å²) >= 11 is 0. The van der Waals surface area contributed by atoms with Gasteiger partial charge in [0.1, 0.15) is 18.2 Å². The van der Waals surface area contributed by atoms with Gasteiger partial charge in [-0.05, 0) is 38.5 Å². The Hall–Kier alpha value is -3.13. The van der Waals surface area contributed by atoms with Gasteiger partial charge >= 0.3 is 18.1 Å². The van der Waals surface area contributed by atoms with Crippen molar-refractivity contribution in [1.29, 1.82) is 0 Å². The van der Waals surface area contributed by atoms with Gasteiger partial charge in [-0.1, -0.05) is 13.8 Å². The molecule has 0 aliphatic carbocycles. The molecule has 0 aromatic carbocycles. The highest BCUT2D eigenvalue weighted by Crippen LogP contribution is 2.30. The molecule has 2 rings (SSSR count). The van der Waals surface area contributed by atoms with Gasteiger partial charge in [-0.2, -0.15) is 13.2 Å². The number of carbonyl (C=O) groups excluding carboxylic acids is 3. The van der Waals surface area contributed by atoms with Crippen molar-refractivity contribution in [2.24, 2.45) is 5.92 Å². The fourth-order valence-electron chi connectivity index (χ4n) is 4.09. The van der Waals surface area contributed by atoms with Crippen molar-refractivity contribution < 1.29 is 56.0 Å². The van der Waals surface area contributed by atoms with Crippen LogP contribution in [0.25, 0.3) is 0 Å². The van der Waals surface area contributed by atoms with E-state index >= 15 is 0 Å². The van der Waals surface area contributed by atoms with Crippen LogP contribution >= 0.6 is 0 Å². The Balaban J connectivity index is 2.18. The van der Waals surface area contributed by atoms with E-state index in [0.717, 1.165) is 0 Å². The summed E-state index contributed by atoms with van der Waals surface area (Å²) in [5.41, 5.74) is -0.207. The van der Waals surface area contributed by atoms with E-state index < -0.39 is 61.6 Å². The molecule has 1 aromatic rings. The lowest BCUT2D eigenvalue weighted by Crippen LogP contribution is -2.46. The molecule has 1 saturated heterocycles. The number of amides is 1. The number of rotatable bonds is 13. The van der Waals surface area contributed by atoms with Gasteiger partial charge in [-0.15, -0.1) is 0 Å². The monoisotopic (exact) mass is 592 g/mol. The first-order valence-electron chi connectivity index (χ1n) is 13.4. The molecule has 0 unspecified atom stereocenters. The third-order valence-electron chi connectivity index (χ3n) is 6.03. The standard InChI is InChI=1S/C27H39F3N2O9/c1-16(2)14-38-21-9-6-8-19(26(35)41-17(3)23(21)37-13-7-11-27(28,29)30)32-25(34)22-24(40-15-39-18(4)33)20(36-5)10-12-31-22/h10,12,16-17,19,21,23H,6-9,11,13-15H2,1-5H3,(H,32,34)/t17-,19-,21-,23-/m0/s1. The maximum atomic E-state index is 13.2. The van der Waals surface area contributed by atoms with Crippen LogP contribution in [0.4, 0.5) is 13.2 Å². The van der Waals surface area contributed by atoms with E-state index in [0.29, 0.717) is 19.4 Å². The van der Waals surface area contributed by atoms with Crippen LogP contribution in [0, 0.1) is 5.92 Å². The molecular formula is C27H39F3N2O9. The Morgan fingerprint density at radius 1 is 1.22 bits per heavy atom. The first kappa shape index (κ1) is 34.1. The van der Waals surface area contributed by atoms with E-state index in [9.17, 15) is 27.6 Å². The summed E-state index contributed by atoms with van der Waals surface area (Å²) in [5, 5.41) is 2.61. The van der Waals surface area contributed by atoms with Gasteiger partial charge in [0.25, 0.3) is 5.91 Å². The zero-order valence-electron chi connectivity index (χ0n) is 24.0. The number of methoxy groups -OCH3 is 1. The molecule has 2 heterocycles. The molecule has 1 N–H and O–H groups in total. The van der Waals surface area contributed by atoms with E-state index in [1.807, 2.05) is 13.8 Å². The molecule has 232 valence electrons. The first-order valence-corrected chi connectivity index (χ1v) is 13.4. The Kier molecular flexibility index (Phi) is 13.6. The van der Waals surface area contributed by atoms with Crippen LogP contribution in [-0.4, -0.2) is 80.5 Å². The molecule has 41 heavy (non-hydrogen) atoms. The topological polar surface area (TPSA) is 132 Å². The second-order valence-corrected chi connectivity index (χ2v) is 10.0. The number of nitrogens with zero attached hydrogens (tertiary/aromatic N) is 1. The van der Waals surface area contributed by atoms with Gasteiger partial charge in [0.05, 0.1) is 13.2 Å². The van der Waals surface area contributed by atoms with E-state index in [1.165, 1.54) is 26.3 Å². The lowest BCUT2D eigenvalue weighted by molar-refractivity contribution is -0.171. The van der Waals surface area contributed by atoms with E-state index in [-0.39, 0.29) is 42.6 Å². The van der Waals surface area contributed by atoms with Crippen LogP contribution in [0.1, 0.15) is 70.3 Å². The molecular weight excluding hydrogens is 553 g/mol. The maximum Gasteiger partial charge on any atom is 0.389 e. The van der Waals surface area contributed by atoms with Crippen LogP contribution in [-0.2, 0) is 28.5 Å². The average molecular weight is 593 g/mol. The summed E-state index contributed by atoms with van der Waals surface area (Å²) in [4.78, 5) is 41.5. The normalized spacial score (nSPS) is 21.7. The Morgan fingerprint density at radius 2 is 1.95 bits per heavy atom. The van der Waals surface area contributed by atoms with Gasteiger partial charge in [0, 0.05) is 38.8 Å². The molecule has 4 atom stereocenters. The third kappa shape index (κ3) is 11.7. The first-order chi connectivity index (χ1) is 19.3. The van der Waals surface area contributed by atoms with Gasteiger partial charge in [0.15, 0.2) is 17.2 Å². The third-order valence-corrected chi connectivity index (χ3v) is 6.03. The number of ether oxygens (including phenoxy) is 6. The quantitative estimate of drug-likeness (QED) is 0.204. The summed E-state index contributed by atoms with van der Waals surface area (Å²) in [6.45, 7) is 6.38. The molecule has 0 bridgehead atoms. The predicted octanol–water partition coefficient (Wildman–Crippen LogP) is 3.97. The van der Waals surface area contributed by atoms with Crippen LogP contribution in [0.15, 0.2) is 12.3 Å². The fourth-order valence-corrected chi connectivity index (χ4v) is 4.09. The van der Waals surface area contributed by atoms with Crippen molar-refractivity contribution in [3.05, 3.63) is 18.0 Å². The van der Waals surface area contributed by atoms with Crippen molar-refractivity contribution in [2.45, 2.75) is 90.3 Å². The number of nitrogens with one attached hydrogen (secondary N) is 1. The lowest BCUT2D eigenvalue weighted by Gasteiger charge is -2.31. The molecule has 14 heteroatoms. The molecule has 1 aliphatic heterocycles. The predicted molar refractivity (Wildman–Crippen MR) is 138 cm³/mol. The number of pyridine rings is 1. The van der Waals surface area contributed by atoms with Gasteiger partial charge in [-0.3, -0.25) is 9.59 Å². The lowest BCUT2D eigenvalue weighted by atomic mass is 10.0. The van der Waals surface area contributed by atoms with Crippen molar-refractivity contribution in [3.63, 3.8) is 0 Å². The molecule has 1 amide bonds. The largest absolute Gasteiger partial charge is 0.493 e. The summed E-state index contributed by atoms with van der Waals surface area (Å²) in [6, 6.07) is 0.371. The number of alkyl halides is 3. The zero-order valence-corrected chi connectivity index (χ0v) is 24.0. The van der Waals surface area contributed by atoms with Crippen LogP contribution < -0.4 is 14.8 Å². The number of esters is 2. The highest BCUT2D eigenvalue weighted by Gasteiger charge is 2.36. The highest BCUT2D eigenvalue weighted by atomic mass is 19.4. The molecule has 1 aromatic heterocycles. The van der Waals surface area contributed by atoms with Crippen molar-refractivity contribution in [2.75, 3.05) is 27.1 Å². The molecule has 1 aliphatic rings. The second-order valence-electron chi connectivity index (χ2n) is 10.0. The number of cyclic esters (lactones) is 1. The highest BCUT2D eigenvalue weighted by molar-refractivity contribution is 5.98. The second kappa shape index (κ2) is 16.3. The number of halogens is 3. The summed E-state index contributed by atoms with van der Waals surface area (Å²) in [5.74, 6) is -1.86. The molecule has 0 spiro atoms. The van der Waals surface area contributed by atoms with Crippen molar-refractivity contribution in [3.8, 4) is 11.5 Å². The van der Waals surface area contributed by atoms with E-state index in [1.54, 1.807) is 6.92 Å². The molecule has 11 nitrogen and oxygen atoms in total. The number of carbonyl (C=O) groups is 3. The number of hydrogen-bond acceptors (Lipinski definition) is 10. The van der Waals surface area contributed by atoms with Crippen LogP contribution in [0.3, 0.4) is 0 Å². The van der Waals surface area contributed by atoms with Crippen molar-refractivity contribution in [1.82, 2.24) is 10.3 Å². The average Bonchev–Trinajstić information content (AvgIpc) is 2.93. The van der Waals surface area contributed by atoms with Gasteiger partial charge in [0.2, 0.25) is 6.79 Å². The summed E-state index contributed by atoms with van der Waals surface area (Å²) in [7, 11) is 1.35. The maximum absolute atomic E-state index is 13.2. The molecule has 1 fully saturated rings. The number of hydrogen-bond donors (Lipinski definition) is 1. The van der Waals surface area contributed by atoms with Gasteiger partial charge in [-0.25, -0.2) is 9.78 Å². The summed E-state index contributed by atoms with van der Waals surface area (Å²) < 4.78 is 70.7. The minimum Gasteiger partial charge on any atom is -0.493 e. The number of aromatic nitrogens is 1. The molecule has 0 saturated carbocycles. The van der Waals surface area contributed by atoms with Crippen molar-refractivity contribution >= 4 is 17.8 Å². The van der Waals surface area contributed by atoms with E-state index in [2.05, 4.69) is 10.3 Å². The zero-order chi connectivity index (χ0) is 30.6. The van der Waals surface area contributed by atoms with Crippen LogP contribution in [0.2, 0.25) is 0 Å². The SMILES string of the molecule is COc1ccnc(C(=O)N[C@H]2CCC[C@H](OCC(C)C)[C@@H](OCCCC(F)(F)F)[C@H](C)OC2=O)c1OCOC(C)=O. The Bertz CT molecular complexity index is 1010. The van der Waals surface area contributed by atoms with E-state index in [4.69, 9.17) is 28.4 Å². The Morgan fingerprint density at radius 3 is 2.59 bits per heavy atom. The summed E-state index contributed by atoms with van der Waals surface area (Å²) in [6.07, 6.45) is -5.43. The minimum atomic E-state index is -4.30. The molecule has 0 radical (unpaired) electrons. The van der Waals surface area contributed by atoms with Crippen LogP contribution in [0.5, 0.6) is 11.5 Å². The smallest absolute Gasteiger partial charge is 0.389 e. The fraction of sp³-hybridized carbons (Fsp3) is 0.704. The minimum absolute atomic E-state index is 0.0898. The van der Waals surface area contributed by atoms with Gasteiger partial charge < -0.3 is 33.7 Å².